The fourth-order valence-corrected chi connectivity index (χ4v) is 1.39. The van der Waals surface area contributed by atoms with Crippen LogP contribution in [0.3, 0.4) is 0 Å². The Kier molecular flexibility index (Phi) is 4.28. The second-order valence-electron chi connectivity index (χ2n) is 2.71. The van der Waals surface area contributed by atoms with Gasteiger partial charge in [0.05, 0.1) is 4.90 Å². The lowest BCUT2D eigenvalue weighted by Crippen LogP contribution is -1.96. The monoisotopic (exact) mass is 244 g/mol. The first kappa shape index (κ1) is 12.5. The van der Waals surface area contributed by atoms with Crippen LogP contribution in [0.5, 0.6) is 5.75 Å². The summed E-state index contributed by atoms with van der Waals surface area (Å²) in [4.78, 5) is -0.415. The fourth-order valence-electron chi connectivity index (χ4n) is 0.925. The van der Waals surface area contributed by atoms with Crippen molar-refractivity contribution in [1.29, 1.82) is 0 Å². The van der Waals surface area contributed by atoms with Crippen LogP contribution >= 0.6 is 0 Å². The molecule has 0 radical (unpaired) electrons. The molecule has 1 aromatic carbocycles. The Morgan fingerprint density at radius 3 is 2.38 bits per heavy atom. The maximum absolute atomic E-state index is 12.5. The number of aliphatic hydroxyl groups is 1. The Morgan fingerprint density at radius 1 is 1.25 bits per heavy atom. The van der Waals surface area contributed by atoms with Crippen LogP contribution in [0.2, 0.25) is 0 Å². The van der Waals surface area contributed by atoms with Gasteiger partial charge in [-0.15, -0.1) is 3.89 Å². The number of hydrogen-bond acceptors (Lipinski definition) is 4. The van der Waals surface area contributed by atoms with Crippen LogP contribution in [0.15, 0.2) is 29.2 Å². The third-order valence-electron chi connectivity index (χ3n) is 1.62. The molecule has 0 atom stereocenters. The second-order valence-corrected chi connectivity index (χ2v) is 4.06. The van der Waals surface area contributed by atoms with E-state index >= 15 is 0 Å². The average molecular weight is 244 g/mol. The molecule has 0 amide bonds. The molecule has 0 aliphatic carbocycles. The van der Waals surface area contributed by atoms with E-state index in [4.69, 9.17) is 9.84 Å². The van der Waals surface area contributed by atoms with Gasteiger partial charge in [-0.3, -0.25) is 0 Å². The zero-order chi connectivity index (χ0) is 12.0. The van der Waals surface area contributed by atoms with E-state index in [0.29, 0.717) is 5.75 Å². The molecule has 0 unspecified atom stereocenters. The van der Waals surface area contributed by atoms with Gasteiger partial charge in [0, 0.05) is 0 Å². The Hall–Kier alpha value is -1.58. The summed E-state index contributed by atoms with van der Waals surface area (Å²) in [5, 5.41) is 8.35. The van der Waals surface area contributed by atoms with Gasteiger partial charge in [0.15, 0.2) is 0 Å². The third kappa shape index (κ3) is 3.88. The van der Waals surface area contributed by atoms with Crippen LogP contribution in [0.25, 0.3) is 0 Å². The molecule has 0 saturated carbocycles. The molecule has 86 valence electrons. The summed E-state index contributed by atoms with van der Waals surface area (Å²) in [6.45, 7) is -0.176. The molecule has 0 heterocycles. The highest BCUT2D eigenvalue weighted by molar-refractivity contribution is 7.86. The minimum atomic E-state index is -4.67. The molecule has 0 saturated heterocycles. The number of rotatable bonds is 3. The second kappa shape index (κ2) is 5.49. The van der Waals surface area contributed by atoms with E-state index in [1.807, 2.05) is 0 Å². The molecule has 6 heteroatoms. The van der Waals surface area contributed by atoms with Crippen LogP contribution in [0.4, 0.5) is 3.89 Å². The third-order valence-corrected chi connectivity index (χ3v) is 2.46. The number of hydrogen-bond donors (Lipinski definition) is 1. The van der Waals surface area contributed by atoms with Crippen molar-refractivity contribution in [3.05, 3.63) is 24.3 Å². The summed E-state index contributed by atoms with van der Waals surface area (Å²) in [6, 6.07) is 4.86. The van der Waals surface area contributed by atoms with Crippen molar-refractivity contribution in [2.24, 2.45) is 0 Å². The van der Waals surface area contributed by atoms with Crippen molar-refractivity contribution in [2.75, 3.05) is 13.2 Å². The van der Waals surface area contributed by atoms with Gasteiger partial charge in [0.2, 0.25) is 0 Å². The van der Waals surface area contributed by atoms with Crippen molar-refractivity contribution in [1.82, 2.24) is 0 Å². The van der Waals surface area contributed by atoms with Gasteiger partial charge in [-0.2, -0.15) is 8.42 Å². The number of benzene rings is 1. The molecule has 0 aliphatic heterocycles. The standard InChI is InChI=1S/C10H9FO4S/c11-16(13,14)10-5-3-9(4-6-10)15-8-2-1-7-12/h3-6,12H,7-8H2. The summed E-state index contributed by atoms with van der Waals surface area (Å²) >= 11 is 0. The van der Waals surface area contributed by atoms with Crippen molar-refractivity contribution < 1.29 is 22.1 Å². The molecule has 16 heavy (non-hydrogen) atoms. The average Bonchev–Trinajstić information content (AvgIpc) is 2.24. The summed E-state index contributed by atoms with van der Waals surface area (Å²) in [5.41, 5.74) is 0. The van der Waals surface area contributed by atoms with Crippen molar-refractivity contribution in [3.8, 4) is 17.6 Å². The molecule has 0 spiro atoms. The number of aliphatic hydroxyl groups excluding tert-OH is 1. The first-order valence-electron chi connectivity index (χ1n) is 4.28. The number of ether oxygens (including phenoxy) is 1. The summed E-state index contributed by atoms with van der Waals surface area (Å²) < 4.78 is 38.5. The van der Waals surface area contributed by atoms with Gasteiger partial charge in [-0.05, 0) is 24.3 Å². The lowest BCUT2D eigenvalue weighted by Gasteiger charge is -2.01. The molecule has 0 aromatic heterocycles. The zero-order valence-corrected chi connectivity index (χ0v) is 9.00. The van der Waals surface area contributed by atoms with E-state index < -0.39 is 15.1 Å². The normalized spacial score (nSPS) is 10.4. The smallest absolute Gasteiger partial charge is 0.332 e. The zero-order valence-electron chi connectivity index (χ0n) is 8.18. The minimum absolute atomic E-state index is 0.0717. The van der Waals surface area contributed by atoms with Crippen molar-refractivity contribution in [3.63, 3.8) is 0 Å². The molecule has 4 nitrogen and oxygen atoms in total. The Balaban J connectivity index is 2.66. The minimum Gasteiger partial charge on any atom is -0.481 e. The Morgan fingerprint density at radius 2 is 1.88 bits per heavy atom. The van der Waals surface area contributed by atoms with Gasteiger partial charge in [-0.25, -0.2) is 0 Å². The highest BCUT2D eigenvalue weighted by Gasteiger charge is 2.10. The molecule has 0 fully saturated rings. The Bertz CT molecular complexity index is 496. The lowest BCUT2D eigenvalue weighted by molar-refractivity contribution is 0.347. The maximum atomic E-state index is 12.5. The van der Waals surface area contributed by atoms with Crippen LogP contribution in [-0.4, -0.2) is 26.7 Å². The van der Waals surface area contributed by atoms with E-state index in [0.717, 1.165) is 12.1 Å². The predicted molar refractivity (Wildman–Crippen MR) is 55.1 cm³/mol. The first-order chi connectivity index (χ1) is 7.54. The Labute approximate surface area is 92.9 Å². The molecule has 1 aromatic rings. The number of halogens is 1. The predicted octanol–water partition coefficient (Wildman–Crippen LogP) is 0.719. The van der Waals surface area contributed by atoms with Crippen LogP contribution in [0, 0.1) is 11.8 Å². The lowest BCUT2D eigenvalue weighted by atomic mass is 10.3. The molecular formula is C10H9FO4S. The molecule has 1 N–H and O–H groups in total. The highest BCUT2D eigenvalue weighted by Crippen LogP contribution is 2.17. The van der Waals surface area contributed by atoms with E-state index in [-0.39, 0.29) is 13.2 Å². The van der Waals surface area contributed by atoms with Crippen LogP contribution < -0.4 is 4.74 Å². The summed E-state index contributed by atoms with van der Waals surface area (Å²) in [7, 11) is -4.67. The SMILES string of the molecule is O=S(=O)(F)c1ccc(OCC#CCO)cc1. The van der Waals surface area contributed by atoms with Crippen molar-refractivity contribution >= 4 is 10.2 Å². The van der Waals surface area contributed by atoms with Gasteiger partial charge in [0.25, 0.3) is 0 Å². The maximum Gasteiger partial charge on any atom is 0.332 e. The van der Waals surface area contributed by atoms with Gasteiger partial charge in [0.1, 0.15) is 19.0 Å². The van der Waals surface area contributed by atoms with Crippen LogP contribution in [0.1, 0.15) is 0 Å². The van der Waals surface area contributed by atoms with Gasteiger partial charge >= 0.3 is 10.2 Å². The molecule has 0 aliphatic rings. The quantitative estimate of drug-likeness (QED) is 0.628. The summed E-state index contributed by atoms with van der Waals surface area (Å²) in [6.07, 6.45) is 0. The summed E-state index contributed by atoms with van der Waals surface area (Å²) in [5.74, 6) is 5.27. The van der Waals surface area contributed by atoms with E-state index in [1.165, 1.54) is 12.1 Å². The van der Waals surface area contributed by atoms with E-state index in [2.05, 4.69) is 11.8 Å². The van der Waals surface area contributed by atoms with Gasteiger partial charge in [-0.1, -0.05) is 11.8 Å². The molecular weight excluding hydrogens is 235 g/mol. The largest absolute Gasteiger partial charge is 0.481 e. The first-order valence-corrected chi connectivity index (χ1v) is 5.66. The van der Waals surface area contributed by atoms with E-state index in [9.17, 15) is 12.3 Å². The highest BCUT2D eigenvalue weighted by atomic mass is 32.3. The van der Waals surface area contributed by atoms with Crippen molar-refractivity contribution in [2.45, 2.75) is 4.90 Å². The van der Waals surface area contributed by atoms with Crippen LogP contribution in [-0.2, 0) is 10.2 Å². The fraction of sp³-hybridized carbons (Fsp3) is 0.200. The van der Waals surface area contributed by atoms with E-state index in [1.54, 1.807) is 0 Å². The van der Waals surface area contributed by atoms with Gasteiger partial charge < -0.3 is 9.84 Å². The molecule has 0 bridgehead atoms. The topological polar surface area (TPSA) is 63.6 Å². The molecule has 1 rings (SSSR count).